The van der Waals surface area contributed by atoms with Gasteiger partial charge < -0.3 is 20.0 Å². The van der Waals surface area contributed by atoms with Crippen molar-refractivity contribution in [3.05, 3.63) is 58.9 Å². The van der Waals surface area contributed by atoms with Crippen molar-refractivity contribution in [3.8, 4) is 0 Å². The van der Waals surface area contributed by atoms with Crippen molar-refractivity contribution in [1.29, 1.82) is 0 Å². The number of imide groups is 1. The van der Waals surface area contributed by atoms with Gasteiger partial charge in [0.25, 0.3) is 0 Å². The first kappa shape index (κ1) is 29.7. The van der Waals surface area contributed by atoms with E-state index < -0.39 is 5.92 Å². The van der Waals surface area contributed by atoms with E-state index >= 15 is 0 Å². The Balaban J connectivity index is 0.991. The molecule has 2 aromatic heterocycles. The maximum atomic E-state index is 12.6. The number of benzene rings is 2. The number of aryl methyl sites for hydroxylation is 1. The van der Waals surface area contributed by atoms with Gasteiger partial charge in [-0.15, -0.1) is 0 Å². The first-order valence-corrected chi connectivity index (χ1v) is 16.5. The van der Waals surface area contributed by atoms with Crippen molar-refractivity contribution in [1.82, 2.24) is 25.1 Å². The fourth-order valence-electron chi connectivity index (χ4n) is 8.00. The van der Waals surface area contributed by atoms with Crippen molar-refractivity contribution < 1.29 is 14.4 Å². The standard InChI is InChI=1S/C34H36ClN9O3/c1-41(34-36-17-26(35)32(39-34)37-19-4-10-27-18(12-19)13-30(46)42(27)2)23-14-20-5-6-21(15-23)44(20)22-7-8-24-28(16-22)43(3)40-31(24)25-9-11-29(45)38-33(25)47/h4,7-8,10,12,16-17,20-21,23,25H,5-6,9,11,13-15H2,1-3H3,(H,36,37,39)(H,38,45,47)/t20-,21+,23?,25?. The Morgan fingerprint density at radius 3 is 2.57 bits per heavy atom. The number of aromatic nitrogens is 4. The minimum absolute atomic E-state index is 0.0811. The smallest absolute Gasteiger partial charge is 0.235 e. The number of piperidine rings is 2. The molecule has 6 heterocycles. The first-order valence-electron chi connectivity index (χ1n) is 16.1. The van der Waals surface area contributed by atoms with Gasteiger partial charge in [0.1, 0.15) is 5.02 Å². The molecule has 4 atom stereocenters. The summed E-state index contributed by atoms with van der Waals surface area (Å²) in [6, 6.07) is 13.3. The maximum Gasteiger partial charge on any atom is 0.235 e. The predicted octanol–water partition coefficient (Wildman–Crippen LogP) is 4.44. The summed E-state index contributed by atoms with van der Waals surface area (Å²) in [5.41, 5.74) is 5.61. The largest absolute Gasteiger partial charge is 0.365 e. The molecule has 12 nitrogen and oxygen atoms in total. The number of anilines is 5. The van der Waals surface area contributed by atoms with E-state index in [1.165, 1.54) is 5.69 Å². The van der Waals surface area contributed by atoms with E-state index in [1.807, 2.05) is 29.9 Å². The minimum atomic E-state index is -0.420. The van der Waals surface area contributed by atoms with Gasteiger partial charge in [0.2, 0.25) is 23.7 Å². The number of rotatable bonds is 6. The average molecular weight is 654 g/mol. The van der Waals surface area contributed by atoms with Gasteiger partial charge in [-0.1, -0.05) is 11.6 Å². The third-order valence-corrected chi connectivity index (χ3v) is 10.7. The van der Waals surface area contributed by atoms with Crippen molar-refractivity contribution in [2.75, 3.05) is 34.1 Å². The Hall–Kier alpha value is -4.71. The molecule has 3 fully saturated rings. The normalized spacial score (nSPS) is 23.8. The Bertz CT molecular complexity index is 1950. The van der Waals surface area contributed by atoms with Gasteiger partial charge >= 0.3 is 0 Å². The zero-order valence-electron chi connectivity index (χ0n) is 26.5. The Labute approximate surface area is 277 Å². The molecular formula is C34H36ClN9O3. The number of carbonyl (C=O) groups excluding carboxylic acids is 3. The zero-order chi connectivity index (χ0) is 32.6. The molecule has 0 radical (unpaired) electrons. The molecule has 8 rings (SSSR count). The molecule has 0 saturated carbocycles. The summed E-state index contributed by atoms with van der Waals surface area (Å²) in [4.78, 5) is 52.3. The van der Waals surface area contributed by atoms with Crippen LogP contribution in [0.1, 0.15) is 55.7 Å². The third kappa shape index (κ3) is 5.06. The number of halogens is 1. The van der Waals surface area contributed by atoms with Crippen LogP contribution < -0.4 is 25.3 Å². The summed E-state index contributed by atoms with van der Waals surface area (Å²) in [5.74, 6) is 0.317. The Morgan fingerprint density at radius 2 is 1.81 bits per heavy atom. The highest BCUT2D eigenvalue weighted by atomic mass is 35.5. The number of hydrogen-bond acceptors (Lipinski definition) is 9. The maximum absolute atomic E-state index is 12.6. The van der Waals surface area contributed by atoms with Gasteiger partial charge in [-0.25, -0.2) is 4.98 Å². The molecule has 2 N–H and O–H groups in total. The van der Waals surface area contributed by atoms with Crippen LogP contribution in [-0.2, 0) is 27.9 Å². The summed E-state index contributed by atoms with van der Waals surface area (Å²) in [7, 11) is 5.76. The van der Waals surface area contributed by atoms with Gasteiger partial charge in [0.15, 0.2) is 5.82 Å². The number of hydrogen-bond donors (Lipinski definition) is 2. The molecule has 0 spiro atoms. The highest BCUT2D eigenvalue weighted by Gasteiger charge is 2.43. The van der Waals surface area contributed by atoms with Crippen LogP contribution in [0.25, 0.3) is 10.9 Å². The molecule has 2 aromatic carbocycles. The number of nitrogens with zero attached hydrogens (tertiary/aromatic N) is 7. The molecule has 4 aliphatic rings. The lowest BCUT2D eigenvalue weighted by atomic mass is 9.92. The first-order chi connectivity index (χ1) is 22.6. The van der Waals surface area contributed by atoms with E-state index in [9.17, 15) is 14.4 Å². The lowest BCUT2D eigenvalue weighted by Crippen LogP contribution is -2.50. The second kappa shape index (κ2) is 11.2. The van der Waals surface area contributed by atoms with Gasteiger partial charge in [-0.05, 0) is 74.1 Å². The molecule has 3 amide bonds. The van der Waals surface area contributed by atoms with Crippen LogP contribution in [0, 0.1) is 0 Å². The van der Waals surface area contributed by atoms with Crippen LogP contribution in [0.4, 0.5) is 28.8 Å². The van der Waals surface area contributed by atoms with Crippen LogP contribution in [0.5, 0.6) is 0 Å². The summed E-state index contributed by atoms with van der Waals surface area (Å²) < 4.78 is 1.85. The summed E-state index contributed by atoms with van der Waals surface area (Å²) in [6.07, 6.45) is 7.00. The third-order valence-electron chi connectivity index (χ3n) is 10.5. The van der Waals surface area contributed by atoms with Crippen LogP contribution in [0.3, 0.4) is 0 Å². The lowest BCUT2D eigenvalue weighted by molar-refractivity contribution is -0.134. The fraction of sp³-hybridized carbons (Fsp3) is 0.412. The van der Waals surface area contributed by atoms with Gasteiger partial charge in [0, 0.05) is 68.1 Å². The number of amides is 3. The molecule has 0 aliphatic carbocycles. The molecule has 47 heavy (non-hydrogen) atoms. The van der Waals surface area contributed by atoms with E-state index in [-0.39, 0.29) is 23.8 Å². The molecule has 242 valence electrons. The quantitative estimate of drug-likeness (QED) is 0.290. The van der Waals surface area contributed by atoms with Crippen LogP contribution in [0.15, 0.2) is 42.6 Å². The van der Waals surface area contributed by atoms with Crippen molar-refractivity contribution in [2.45, 2.75) is 69.0 Å². The topological polar surface area (TPSA) is 129 Å². The number of nitrogens with one attached hydrogen (secondary N) is 2. The molecule has 13 heteroatoms. The van der Waals surface area contributed by atoms with E-state index in [0.717, 1.165) is 59.2 Å². The number of fused-ring (bicyclic) bond motifs is 4. The molecular weight excluding hydrogens is 618 g/mol. The second-order valence-electron chi connectivity index (χ2n) is 13.2. The minimum Gasteiger partial charge on any atom is -0.365 e. The summed E-state index contributed by atoms with van der Waals surface area (Å²) in [5, 5.41) is 11.9. The average Bonchev–Trinajstić information content (AvgIpc) is 3.63. The molecule has 4 aromatic rings. The fourth-order valence-corrected chi connectivity index (χ4v) is 8.13. The second-order valence-corrected chi connectivity index (χ2v) is 13.6. The Kier molecular flexibility index (Phi) is 7.08. The van der Waals surface area contributed by atoms with E-state index in [4.69, 9.17) is 21.7 Å². The van der Waals surface area contributed by atoms with Gasteiger partial charge in [-0.2, -0.15) is 10.1 Å². The molecule has 2 unspecified atom stereocenters. The van der Waals surface area contributed by atoms with Crippen LogP contribution in [-0.4, -0.2) is 69.7 Å². The van der Waals surface area contributed by atoms with Crippen LogP contribution >= 0.6 is 11.6 Å². The lowest BCUT2D eigenvalue weighted by Gasteiger charge is -2.43. The highest BCUT2D eigenvalue weighted by molar-refractivity contribution is 6.33. The number of likely N-dealkylation sites (N-methyl/N-ethyl adjacent to an activating group) is 1. The van der Waals surface area contributed by atoms with Gasteiger partial charge in [0.05, 0.1) is 29.7 Å². The van der Waals surface area contributed by atoms with Gasteiger partial charge in [-0.3, -0.25) is 24.4 Å². The summed E-state index contributed by atoms with van der Waals surface area (Å²) >= 11 is 6.54. The van der Waals surface area contributed by atoms with E-state index in [0.29, 0.717) is 48.1 Å². The van der Waals surface area contributed by atoms with Crippen molar-refractivity contribution >= 4 is 69.1 Å². The van der Waals surface area contributed by atoms with Crippen LogP contribution in [0.2, 0.25) is 5.02 Å². The molecule has 3 saturated heterocycles. The Morgan fingerprint density at radius 1 is 1.02 bits per heavy atom. The molecule has 4 aliphatic heterocycles. The highest BCUT2D eigenvalue weighted by Crippen LogP contribution is 2.43. The number of carbonyl (C=O) groups is 3. The van der Waals surface area contributed by atoms with Crippen molar-refractivity contribution in [3.63, 3.8) is 0 Å². The SMILES string of the molecule is CN1C(=O)Cc2cc(Nc3nc(N(C)C4C[C@H]5CC[C@@H](C4)N5c4ccc5c(C6CCC(=O)NC6=O)nn(C)c5c4)ncc3Cl)ccc21. The van der Waals surface area contributed by atoms with E-state index in [2.05, 4.69) is 50.7 Å². The monoisotopic (exact) mass is 653 g/mol. The zero-order valence-corrected chi connectivity index (χ0v) is 27.3. The predicted molar refractivity (Wildman–Crippen MR) is 180 cm³/mol. The summed E-state index contributed by atoms with van der Waals surface area (Å²) in [6.45, 7) is 0. The van der Waals surface area contributed by atoms with E-state index in [1.54, 1.807) is 18.1 Å². The molecule has 2 bridgehead atoms. The van der Waals surface area contributed by atoms with Crippen molar-refractivity contribution in [2.24, 2.45) is 7.05 Å².